The van der Waals surface area contributed by atoms with E-state index in [0.29, 0.717) is 6.61 Å². The highest BCUT2D eigenvalue weighted by atomic mass is 19.1. The van der Waals surface area contributed by atoms with E-state index in [2.05, 4.69) is 20.8 Å². The van der Waals surface area contributed by atoms with Crippen LogP contribution in [0.1, 0.15) is 39.3 Å². The zero-order chi connectivity index (χ0) is 13.1. The lowest BCUT2D eigenvalue weighted by atomic mass is 9.82. The molecule has 1 rings (SSSR count). The fourth-order valence-electron chi connectivity index (χ4n) is 1.96. The first-order valence-electron chi connectivity index (χ1n) is 5.99. The molecule has 96 valence electrons. The summed E-state index contributed by atoms with van der Waals surface area (Å²) < 4.78 is 18.9. The second-order valence-electron chi connectivity index (χ2n) is 5.32. The molecule has 0 saturated heterocycles. The fraction of sp³-hybridized carbons (Fsp3) is 0.571. The van der Waals surface area contributed by atoms with Crippen LogP contribution in [0.2, 0.25) is 0 Å². The molecule has 0 aromatic heterocycles. The molecule has 0 aliphatic rings. The summed E-state index contributed by atoms with van der Waals surface area (Å²) in [6.45, 7) is 8.77. The summed E-state index contributed by atoms with van der Waals surface area (Å²) in [4.78, 5) is 0. The molecule has 0 amide bonds. The average molecular weight is 239 g/mol. The number of rotatable bonds is 4. The summed E-state index contributed by atoms with van der Waals surface area (Å²) in [5.41, 5.74) is 6.88. The predicted octanol–water partition coefficient (Wildman–Crippen LogP) is 3.28. The molecule has 0 fully saturated rings. The van der Waals surface area contributed by atoms with Crippen molar-refractivity contribution in [1.82, 2.24) is 0 Å². The summed E-state index contributed by atoms with van der Waals surface area (Å²) in [7, 11) is 0. The Bertz CT molecular complexity index is 359. The van der Waals surface area contributed by atoms with Gasteiger partial charge in [0.2, 0.25) is 0 Å². The van der Waals surface area contributed by atoms with Crippen molar-refractivity contribution >= 4 is 0 Å². The van der Waals surface area contributed by atoms with Crippen LogP contribution in [0.4, 0.5) is 4.39 Å². The van der Waals surface area contributed by atoms with E-state index >= 15 is 0 Å². The zero-order valence-corrected chi connectivity index (χ0v) is 11.0. The van der Waals surface area contributed by atoms with E-state index in [9.17, 15) is 4.39 Å². The molecular formula is C14H22FNO. The van der Waals surface area contributed by atoms with Crippen LogP contribution in [-0.4, -0.2) is 12.7 Å². The van der Waals surface area contributed by atoms with Crippen LogP contribution in [-0.2, 0) is 4.74 Å². The van der Waals surface area contributed by atoms with Crippen LogP contribution in [0.5, 0.6) is 0 Å². The fourth-order valence-corrected chi connectivity index (χ4v) is 1.96. The minimum atomic E-state index is -0.314. The highest BCUT2D eigenvalue weighted by Crippen LogP contribution is 2.31. The van der Waals surface area contributed by atoms with E-state index in [0.717, 1.165) is 5.56 Å². The highest BCUT2D eigenvalue weighted by Gasteiger charge is 2.31. The van der Waals surface area contributed by atoms with Gasteiger partial charge in [0.1, 0.15) is 5.82 Å². The molecular weight excluding hydrogens is 217 g/mol. The van der Waals surface area contributed by atoms with E-state index in [1.807, 2.05) is 13.0 Å². The molecule has 0 radical (unpaired) electrons. The number of ether oxygens (including phenoxy) is 1. The standard InChI is InChI=1S/C14H22FNO/c1-5-17-13(14(2,3)4)12(16)10-7-6-8-11(15)9-10/h6-9,12-13H,5,16H2,1-4H3. The molecule has 2 atom stereocenters. The normalized spacial score (nSPS) is 15.6. The molecule has 0 spiro atoms. The molecule has 1 aromatic rings. The van der Waals surface area contributed by atoms with Crippen LogP contribution >= 0.6 is 0 Å². The van der Waals surface area contributed by atoms with Crippen molar-refractivity contribution < 1.29 is 9.13 Å². The summed E-state index contributed by atoms with van der Waals surface area (Å²) >= 11 is 0. The predicted molar refractivity (Wildman–Crippen MR) is 68.2 cm³/mol. The number of hydrogen-bond donors (Lipinski definition) is 1. The quantitative estimate of drug-likeness (QED) is 0.875. The van der Waals surface area contributed by atoms with E-state index in [1.165, 1.54) is 12.1 Å². The van der Waals surface area contributed by atoms with E-state index in [4.69, 9.17) is 10.5 Å². The van der Waals surface area contributed by atoms with Crippen molar-refractivity contribution in [1.29, 1.82) is 0 Å². The largest absolute Gasteiger partial charge is 0.376 e. The van der Waals surface area contributed by atoms with Gasteiger partial charge < -0.3 is 10.5 Å². The molecule has 0 aliphatic carbocycles. The molecule has 3 heteroatoms. The van der Waals surface area contributed by atoms with Crippen molar-refractivity contribution in [3.63, 3.8) is 0 Å². The van der Waals surface area contributed by atoms with Crippen LogP contribution < -0.4 is 5.73 Å². The third-order valence-corrected chi connectivity index (χ3v) is 2.76. The number of nitrogens with two attached hydrogens (primary N) is 1. The Labute approximate surface area is 103 Å². The van der Waals surface area contributed by atoms with Gasteiger partial charge in [-0.15, -0.1) is 0 Å². The Morgan fingerprint density at radius 1 is 1.35 bits per heavy atom. The maximum absolute atomic E-state index is 13.2. The average Bonchev–Trinajstić information content (AvgIpc) is 2.23. The van der Waals surface area contributed by atoms with Crippen LogP contribution in [0.15, 0.2) is 24.3 Å². The maximum Gasteiger partial charge on any atom is 0.123 e. The molecule has 2 N–H and O–H groups in total. The first-order chi connectivity index (χ1) is 7.86. The SMILES string of the molecule is CCOC(C(N)c1cccc(F)c1)C(C)(C)C. The monoisotopic (exact) mass is 239 g/mol. The van der Waals surface area contributed by atoms with Crippen molar-refractivity contribution in [3.05, 3.63) is 35.6 Å². The minimum Gasteiger partial charge on any atom is -0.376 e. The Kier molecular flexibility index (Phi) is 4.66. The van der Waals surface area contributed by atoms with Gasteiger partial charge >= 0.3 is 0 Å². The summed E-state index contributed by atoms with van der Waals surface area (Å²) in [6, 6.07) is 6.10. The highest BCUT2D eigenvalue weighted by molar-refractivity contribution is 5.21. The Morgan fingerprint density at radius 2 is 2.00 bits per heavy atom. The maximum atomic E-state index is 13.2. The molecule has 1 aromatic carbocycles. The third kappa shape index (κ3) is 3.79. The van der Waals surface area contributed by atoms with E-state index < -0.39 is 0 Å². The van der Waals surface area contributed by atoms with Gasteiger partial charge in [0.25, 0.3) is 0 Å². The van der Waals surface area contributed by atoms with Gasteiger partial charge in [-0.25, -0.2) is 4.39 Å². The van der Waals surface area contributed by atoms with Crippen LogP contribution in [0, 0.1) is 11.2 Å². The minimum absolute atomic E-state index is 0.0816. The zero-order valence-electron chi connectivity index (χ0n) is 11.0. The number of hydrogen-bond acceptors (Lipinski definition) is 2. The van der Waals surface area contributed by atoms with Crippen molar-refractivity contribution in [3.8, 4) is 0 Å². The molecule has 2 unspecified atom stereocenters. The Balaban J connectivity index is 2.95. The first-order valence-corrected chi connectivity index (χ1v) is 5.99. The first kappa shape index (κ1) is 14.1. The molecule has 0 aliphatic heterocycles. The van der Waals surface area contributed by atoms with E-state index in [1.54, 1.807) is 6.07 Å². The van der Waals surface area contributed by atoms with Gasteiger partial charge in [-0.3, -0.25) is 0 Å². The van der Waals surface area contributed by atoms with Gasteiger partial charge in [0.15, 0.2) is 0 Å². The molecule has 0 saturated carbocycles. The Hall–Kier alpha value is -0.930. The lowest BCUT2D eigenvalue weighted by Gasteiger charge is -2.35. The Morgan fingerprint density at radius 3 is 2.47 bits per heavy atom. The summed E-state index contributed by atoms with van der Waals surface area (Å²) in [6.07, 6.45) is -0.130. The molecule has 2 nitrogen and oxygen atoms in total. The van der Waals surface area contributed by atoms with Crippen molar-refractivity contribution in [2.75, 3.05) is 6.61 Å². The van der Waals surface area contributed by atoms with Gasteiger partial charge in [-0.05, 0) is 30.0 Å². The number of benzene rings is 1. The second-order valence-corrected chi connectivity index (χ2v) is 5.32. The third-order valence-electron chi connectivity index (χ3n) is 2.76. The molecule has 0 heterocycles. The topological polar surface area (TPSA) is 35.2 Å². The number of halogens is 1. The lowest BCUT2D eigenvalue weighted by molar-refractivity contribution is -0.0283. The molecule has 17 heavy (non-hydrogen) atoms. The second kappa shape index (κ2) is 5.61. The van der Waals surface area contributed by atoms with Gasteiger partial charge in [-0.1, -0.05) is 32.9 Å². The van der Waals surface area contributed by atoms with Gasteiger partial charge in [0.05, 0.1) is 12.1 Å². The van der Waals surface area contributed by atoms with Gasteiger partial charge in [-0.2, -0.15) is 0 Å². The van der Waals surface area contributed by atoms with Crippen LogP contribution in [0.25, 0.3) is 0 Å². The van der Waals surface area contributed by atoms with E-state index in [-0.39, 0.29) is 23.4 Å². The smallest absolute Gasteiger partial charge is 0.123 e. The van der Waals surface area contributed by atoms with Gasteiger partial charge in [0, 0.05) is 6.61 Å². The van der Waals surface area contributed by atoms with Crippen molar-refractivity contribution in [2.45, 2.75) is 39.8 Å². The summed E-state index contributed by atoms with van der Waals surface area (Å²) in [5, 5.41) is 0. The summed E-state index contributed by atoms with van der Waals surface area (Å²) in [5.74, 6) is -0.262. The van der Waals surface area contributed by atoms with Crippen LogP contribution in [0.3, 0.4) is 0 Å². The lowest BCUT2D eigenvalue weighted by Crippen LogP contribution is -2.39. The van der Waals surface area contributed by atoms with Crippen molar-refractivity contribution in [2.24, 2.45) is 11.1 Å². The molecule has 0 bridgehead atoms.